The van der Waals surface area contributed by atoms with Crippen LogP contribution in [0, 0.1) is 5.82 Å². The Hall–Kier alpha value is -1.97. The Labute approximate surface area is 86.2 Å². The molecule has 0 aliphatic heterocycles. The van der Waals surface area contributed by atoms with Gasteiger partial charge in [-0.2, -0.15) is 0 Å². The molecule has 0 saturated heterocycles. The standard InChI is InChI=1S/C11H9FO3/c1-3-10(13)7-4-5-8(9(12)6-7)11(14)15-2/h3-6H,1H2,2H3. The maximum atomic E-state index is 13.3. The number of rotatable bonds is 3. The van der Waals surface area contributed by atoms with Crippen LogP contribution in [-0.4, -0.2) is 18.9 Å². The van der Waals surface area contributed by atoms with Crippen LogP contribution in [0.15, 0.2) is 30.9 Å². The summed E-state index contributed by atoms with van der Waals surface area (Å²) >= 11 is 0. The van der Waals surface area contributed by atoms with Gasteiger partial charge in [-0.25, -0.2) is 9.18 Å². The summed E-state index contributed by atoms with van der Waals surface area (Å²) in [5.41, 5.74) is -0.0479. The zero-order valence-corrected chi connectivity index (χ0v) is 8.12. The van der Waals surface area contributed by atoms with Crippen LogP contribution in [0.3, 0.4) is 0 Å². The van der Waals surface area contributed by atoms with Gasteiger partial charge in [-0.3, -0.25) is 4.79 Å². The van der Waals surface area contributed by atoms with Crippen LogP contribution in [0.25, 0.3) is 0 Å². The molecule has 0 fully saturated rings. The number of benzene rings is 1. The Morgan fingerprint density at radius 1 is 1.47 bits per heavy atom. The van der Waals surface area contributed by atoms with Crippen molar-refractivity contribution in [3.05, 3.63) is 47.8 Å². The minimum atomic E-state index is -0.783. The van der Waals surface area contributed by atoms with Crippen LogP contribution in [0.2, 0.25) is 0 Å². The number of carbonyl (C=O) groups excluding carboxylic acids is 2. The van der Waals surface area contributed by atoms with Gasteiger partial charge in [-0.15, -0.1) is 0 Å². The fraction of sp³-hybridized carbons (Fsp3) is 0.0909. The molecule has 1 rings (SSSR count). The third-order valence-corrected chi connectivity index (χ3v) is 1.84. The summed E-state index contributed by atoms with van der Waals surface area (Å²) in [7, 11) is 1.16. The number of hydrogen-bond donors (Lipinski definition) is 0. The molecule has 0 aliphatic carbocycles. The van der Waals surface area contributed by atoms with Crippen LogP contribution >= 0.6 is 0 Å². The third-order valence-electron chi connectivity index (χ3n) is 1.84. The SMILES string of the molecule is C=CC(=O)c1ccc(C(=O)OC)c(F)c1. The van der Waals surface area contributed by atoms with Crippen LogP contribution in [-0.2, 0) is 4.74 Å². The van der Waals surface area contributed by atoms with Gasteiger partial charge in [0.1, 0.15) is 5.82 Å². The minimum absolute atomic E-state index is 0.148. The fourth-order valence-electron chi connectivity index (χ4n) is 1.06. The number of halogens is 1. The Balaban J connectivity index is 3.13. The van der Waals surface area contributed by atoms with Gasteiger partial charge in [0.2, 0.25) is 0 Å². The van der Waals surface area contributed by atoms with Crippen molar-refractivity contribution in [1.29, 1.82) is 0 Å². The largest absolute Gasteiger partial charge is 0.465 e. The molecule has 0 N–H and O–H groups in total. The molecular formula is C11H9FO3. The lowest BCUT2D eigenvalue weighted by Gasteiger charge is -2.02. The predicted octanol–water partition coefficient (Wildman–Crippen LogP) is 1.98. The van der Waals surface area contributed by atoms with Crippen LogP contribution < -0.4 is 0 Å². The van der Waals surface area contributed by atoms with Crippen molar-refractivity contribution in [2.45, 2.75) is 0 Å². The van der Waals surface area contributed by atoms with E-state index in [9.17, 15) is 14.0 Å². The van der Waals surface area contributed by atoms with Gasteiger partial charge in [0, 0.05) is 5.56 Å². The molecule has 15 heavy (non-hydrogen) atoms. The highest BCUT2D eigenvalue weighted by Crippen LogP contribution is 2.12. The van der Waals surface area contributed by atoms with Gasteiger partial charge in [0.05, 0.1) is 12.7 Å². The van der Waals surface area contributed by atoms with E-state index in [0.717, 1.165) is 19.3 Å². The first-order chi connectivity index (χ1) is 7.10. The Morgan fingerprint density at radius 3 is 2.60 bits per heavy atom. The summed E-state index contributed by atoms with van der Waals surface area (Å²) < 4.78 is 17.7. The van der Waals surface area contributed by atoms with Crippen LogP contribution in [0.4, 0.5) is 4.39 Å². The summed E-state index contributed by atoms with van der Waals surface area (Å²) in [6.07, 6.45) is 1.08. The summed E-state index contributed by atoms with van der Waals surface area (Å²) in [4.78, 5) is 22.1. The normalized spacial score (nSPS) is 9.47. The van der Waals surface area contributed by atoms with Crippen LogP contribution in [0.1, 0.15) is 20.7 Å². The summed E-state index contributed by atoms with van der Waals surface area (Å²) in [5, 5.41) is 0. The Morgan fingerprint density at radius 2 is 2.13 bits per heavy atom. The van der Waals surface area contributed by atoms with Crippen molar-refractivity contribution in [1.82, 2.24) is 0 Å². The maximum Gasteiger partial charge on any atom is 0.340 e. The number of carbonyl (C=O) groups is 2. The van der Waals surface area contributed by atoms with E-state index >= 15 is 0 Å². The first kappa shape index (κ1) is 11.1. The highest BCUT2D eigenvalue weighted by atomic mass is 19.1. The maximum absolute atomic E-state index is 13.3. The molecule has 0 spiro atoms. The summed E-state index contributed by atoms with van der Waals surface area (Å²) in [5.74, 6) is -1.95. The van der Waals surface area contributed by atoms with E-state index in [1.807, 2.05) is 0 Å². The minimum Gasteiger partial charge on any atom is -0.465 e. The average Bonchev–Trinajstić information content (AvgIpc) is 2.26. The number of methoxy groups -OCH3 is 1. The van der Waals surface area contributed by atoms with E-state index in [4.69, 9.17) is 0 Å². The van der Waals surface area contributed by atoms with Crippen molar-refractivity contribution in [2.75, 3.05) is 7.11 Å². The Kier molecular flexibility index (Phi) is 3.33. The third kappa shape index (κ3) is 2.28. The predicted molar refractivity (Wildman–Crippen MR) is 52.3 cm³/mol. The molecule has 1 aromatic rings. The number of esters is 1. The smallest absolute Gasteiger partial charge is 0.340 e. The van der Waals surface area contributed by atoms with E-state index in [2.05, 4.69) is 11.3 Å². The molecule has 0 heterocycles. The molecule has 0 atom stereocenters. The fourth-order valence-corrected chi connectivity index (χ4v) is 1.06. The van der Waals surface area contributed by atoms with E-state index < -0.39 is 17.6 Å². The molecule has 0 aromatic heterocycles. The summed E-state index contributed by atoms with van der Waals surface area (Å²) in [6, 6.07) is 3.54. The van der Waals surface area contributed by atoms with Crippen molar-refractivity contribution in [3.8, 4) is 0 Å². The zero-order chi connectivity index (χ0) is 11.4. The van der Waals surface area contributed by atoms with E-state index in [0.29, 0.717) is 0 Å². The van der Waals surface area contributed by atoms with E-state index in [-0.39, 0.29) is 11.1 Å². The van der Waals surface area contributed by atoms with Gasteiger partial charge < -0.3 is 4.74 Å². The lowest BCUT2D eigenvalue weighted by atomic mass is 10.1. The average molecular weight is 208 g/mol. The second kappa shape index (κ2) is 4.50. The number of hydrogen-bond acceptors (Lipinski definition) is 3. The lowest BCUT2D eigenvalue weighted by Crippen LogP contribution is -2.06. The first-order valence-electron chi connectivity index (χ1n) is 4.14. The number of ketones is 1. The van der Waals surface area contributed by atoms with Crippen molar-refractivity contribution < 1.29 is 18.7 Å². The topological polar surface area (TPSA) is 43.4 Å². The number of allylic oxidation sites excluding steroid dienone is 1. The molecule has 0 aliphatic rings. The van der Waals surface area contributed by atoms with Crippen molar-refractivity contribution in [2.24, 2.45) is 0 Å². The van der Waals surface area contributed by atoms with Gasteiger partial charge >= 0.3 is 5.97 Å². The molecular weight excluding hydrogens is 199 g/mol. The molecule has 0 radical (unpaired) electrons. The molecule has 0 amide bonds. The van der Waals surface area contributed by atoms with Crippen molar-refractivity contribution in [3.63, 3.8) is 0 Å². The molecule has 4 heteroatoms. The molecule has 0 saturated carbocycles. The number of ether oxygens (including phenoxy) is 1. The molecule has 0 unspecified atom stereocenters. The zero-order valence-electron chi connectivity index (χ0n) is 8.12. The second-order valence-corrected chi connectivity index (χ2v) is 2.75. The van der Waals surface area contributed by atoms with Crippen LogP contribution in [0.5, 0.6) is 0 Å². The monoisotopic (exact) mass is 208 g/mol. The first-order valence-corrected chi connectivity index (χ1v) is 4.14. The molecule has 1 aromatic carbocycles. The van der Waals surface area contributed by atoms with Gasteiger partial charge in [0.25, 0.3) is 0 Å². The lowest BCUT2D eigenvalue weighted by molar-refractivity contribution is 0.0595. The molecule has 3 nitrogen and oxygen atoms in total. The second-order valence-electron chi connectivity index (χ2n) is 2.75. The highest BCUT2D eigenvalue weighted by molar-refractivity contribution is 6.04. The van der Waals surface area contributed by atoms with Gasteiger partial charge in [0.15, 0.2) is 5.78 Å². The van der Waals surface area contributed by atoms with Gasteiger partial charge in [-0.05, 0) is 24.3 Å². The van der Waals surface area contributed by atoms with E-state index in [1.54, 1.807) is 0 Å². The highest BCUT2D eigenvalue weighted by Gasteiger charge is 2.13. The van der Waals surface area contributed by atoms with Gasteiger partial charge in [-0.1, -0.05) is 6.58 Å². The van der Waals surface area contributed by atoms with Crippen molar-refractivity contribution >= 4 is 11.8 Å². The van der Waals surface area contributed by atoms with E-state index in [1.165, 1.54) is 12.1 Å². The Bertz CT molecular complexity index is 424. The summed E-state index contributed by atoms with van der Waals surface area (Å²) in [6.45, 7) is 3.28. The quantitative estimate of drug-likeness (QED) is 0.433. The molecule has 0 bridgehead atoms. The molecule has 78 valence electrons.